The lowest BCUT2D eigenvalue weighted by atomic mass is 9.65. The predicted octanol–water partition coefficient (Wildman–Crippen LogP) is 6.28. The number of amides is 2. The summed E-state index contributed by atoms with van der Waals surface area (Å²) in [6.45, 7) is 0. The number of rotatable bonds is 1. The zero-order valence-corrected chi connectivity index (χ0v) is 21.0. The summed E-state index contributed by atoms with van der Waals surface area (Å²) in [4.78, 5) is 25.4. The van der Waals surface area contributed by atoms with E-state index in [1.807, 2.05) is 0 Å². The first-order chi connectivity index (χ1) is 14.0. The second kappa shape index (κ2) is 6.05. The van der Waals surface area contributed by atoms with Crippen LogP contribution in [0.15, 0.2) is 38.8 Å². The van der Waals surface area contributed by atoms with Gasteiger partial charge in [-0.05, 0) is 54.4 Å². The first kappa shape index (κ1) is 20.9. The van der Waals surface area contributed by atoms with Crippen molar-refractivity contribution < 1.29 is 9.59 Å². The summed E-state index contributed by atoms with van der Waals surface area (Å²) in [5.41, 5.74) is 0.550. The van der Waals surface area contributed by atoms with E-state index in [1.54, 1.807) is 24.3 Å². The molecule has 1 aromatic rings. The number of hydrogen-bond donors (Lipinski definition) is 0. The average molecular weight is 591 g/mol. The average Bonchev–Trinajstić information content (AvgIpc) is 3.39. The van der Waals surface area contributed by atoms with Crippen molar-refractivity contribution in [2.24, 2.45) is 35.5 Å². The van der Waals surface area contributed by atoms with Crippen molar-refractivity contribution >= 4 is 103 Å². The van der Waals surface area contributed by atoms with E-state index in [4.69, 9.17) is 69.6 Å². The molecule has 0 N–H and O–H groups in total. The summed E-state index contributed by atoms with van der Waals surface area (Å²) in [7, 11) is 0. The van der Waals surface area contributed by atoms with E-state index in [9.17, 15) is 9.59 Å². The van der Waals surface area contributed by atoms with Crippen molar-refractivity contribution in [2.45, 2.75) is 20.5 Å². The summed E-state index contributed by atoms with van der Waals surface area (Å²) in [5, 5.41) is 0.301. The van der Waals surface area contributed by atoms with Crippen LogP contribution in [0.25, 0.3) is 0 Å². The molecule has 1 aromatic carbocycles. The molecule has 1 saturated heterocycles. The van der Waals surface area contributed by atoms with Gasteiger partial charge in [0.1, 0.15) is 9.75 Å². The normalized spacial score (nSPS) is 47.5. The Morgan fingerprint density at radius 2 is 1.27 bits per heavy atom. The topological polar surface area (TPSA) is 37.4 Å². The van der Waals surface area contributed by atoms with Gasteiger partial charge in [-0.1, -0.05) is 62.3 Å². The molecule has 6 rings (SSSR count). The van der Waals surface area contributed by atoms with Gasteiger partial charge in [0.05, 0.1) is 27.6 Å². The van der Waals surface area contributed by atoms with E-state index in [2.05, 4.69) is 15.9 Å². The third kappa shape index (κ3) is 1.94. The van der Waals surface area contributed by atoms with Gasteiger partial charge in [0, 0.05) is 4.47 Å². The maximum atomic E-state index is 13.4. The fourth-order valence-electron chi connectivity index (χ4n) is 6.99. The quantitative estimate of drug-likeness (QED) is 0.219. The Bertz CT molecular complexity index is 1020. The lowest BCUT2D eigenvalue weighted by Crippen LogP contribution is -2.46. The number of halogens is 7. The lowest BCUT2D eigenvalue weighted by Gasteiger charge is -2.42. The molecule has 0 radical (unpaired) electrons. The van der Waals surface area contributed by atoms with Crippen LogP contribution in [-0.4, -0.2) is 25.9 Å². The van der Waals surface area contributed by atoms with Crippen molar-refractivity contribution in [3.63, 3.8) is 0 Å². The molecule has 0 unspecified atom stereocenters. The van der Waals surface area contributed by atoms with E-state index < -0.39 is 25.9 Å². The largest absolute Gasteiger partial charge is 0.274 e. The van der Waals surface area contributed by atoms with Crippen molar-refractivity contribution in [3.05, 3.63) is 38.8 Å². The number of hydrogen-bond acceptors (Lipinski definition) is 2. The number of nitrogens with zero attached hydrogens (tertiary/aromatic N) is 1. The van der Waals surface area contributed by atoms with Gasteiger partial charge < -0.3 is 0 Å². The molecule has 8 atom stereocenters. The standard InChI is InChI=1S/C20H12BrCl6NO2/c21-6-1-3-7(4-2-6)28-16(29)10-8-5-9(11(10)17(28)30)13-12(8)18(24)14(22)15(23)19(13,25)20(18,26)27/h1-4,8-13H,5H2/t8-,9-,10-,11+,12+,13+,18-,19-/m0/s1. The molecule has 3 saturated carbocycles. The minimum absolute atomic E-state index is 0.151. The number of alkyl halides is 4. The van der Waals surface area contributed by atoms with E-state index in [0.29, 0.717) is 12.1 Å². The lowest BCUT2D eigenvalue weighted by molar-refractivity contribution is -0.123. The van der Waals surface area contributed by atoms with Crippen molar-refractivity contribution in [1.29, 1.82) is 0 Å². The van der Waals surface area contributed by atoms with Gasteiger partial charge in [-0.2, -0.15) is 0 Å². The first-order valence-electron chi connectivity index (χ1n) is 9.44. The number of carbonyl (C=O) groups excluding carboxylic acids is 2. The second-order valence-electron chi connectivity index (χ2n) is 8.78. The van der Waals surface area contributed by atoms with E-state index in [1.165, 1.54) is 4.90 Å². The van der Waals surface area contributed by atoms with Crippen LogP contribution in [0.5, 0.6) is 0 Å². The number of anilines is 1. The smallest absolute Gasteiger partial charge is 0.237 e. The molecule has 158 valence electrons. The van der Waals surface area contributed by atoms with E-state index in [0.717, 1.165) is 4.47 Å². The highest BCUT2D eigenvalue weighted by Gasteiger charge is 2.88. The zero-order valence-electron chi connectivity index (χ0n) is 14.9. The van der Waals surface area contributed by atoms with E-state index in [-0.39, 0.29) is 45.6 Å². The van der Waals surface area contributed by atoms with Crippen LogP contribution in [0.4, 0.5) is 5.69 Å². The fourth-order valence-corrected chi connectivity index (χ4v) is 10.4. The van der Waals surface area contributed by atoms with Gasteiger partial charge in [0.15, 0.2) is 4.33 Å². The van der Waals surface area contributed by atoms with Crippen LogP contribution in [0.3, 0.4) is 0 Å². The minimum atomic E-state index is -1.64. The summed E-state index contributed by atoms with van der Waals surface area (Å²) in [6.07, 6.45) is 0.650. The molecule has 4 bridgehead atoms. The molecule has 1 heterocycles. The van der Waals surface area contributed by atoms with Crippen LogP contribution in [0, 0.1) is 35.5 Å². The number of fused-ring (bicyclic) bond motifs is 12. The summed E-state index contributed by atoms with van der Waals surface area (Å²) in [6, 6.07) is 7.09. The number of carbonyl (C=O) groups is 2. The Kier molecular flexibility index (Phi) is 4.22. The first-order valence-corrected chi connectivity index (χ1v) is 12.5. The molecular formula is C20H12BrCl6NO2. The van der Waals surface area contributed by atoms with Gasteiger partial charge in [-0.15, -0.1) is 23.2 Å². The Labute approximate surface area is 211 Å². The van der Waals surface area contributed by atoms with Gasteiger partial charge in [-0.25, -0.2) is 0 Å². The minimum Gasteiger partial charge on any atom is -0.274 e. The van der Waals surface area contributed by atoms with Crippen LogP contribution in [0.2, 0.25) is 0 Å². The van der Waals surface area contributed by atoms with Gasteiger partial charge in [-0.3, -0.25) is 14.5 Å². The van der Waals surface area contributed by atoms with Crippen LogP contribution in [-0.2, 0) is 9.59 Å². The Balaban J connectivity index is 1.47. The van der Waals surface area contributed by atoms with Crippen molar-refractivity contribution in [3.8, 4) is 0 Å². The van der Waals surface area contributed by atoms with E-state index >= 15 is 0 Å². The SMILES string of the molecule is O=C1[C@@H]2[C@@H]3C[C@@H]([C@@H]2C(=O)N1c1ccc(Br)cc1)[C@@H]1[C@@H]3[C@]2(Cl)C(Cl)=C(Cl)[C@]1(Cl)C2(Cl)Cl. The summed E-state index contributed by atoms with van der Waals surface area (Å²) >= 11 is 43.9. The van der Waals surface area contributed by atoms with Gasteiger partial charge >= 0.3 is 0 Å². The monoisotopic (exact) mass is 587 g/mol. The molecule has 1 aliphatic heterocycles. The third-order valence-electron chi connectivity index (χ3n) is 7.92. The highest BCUT2D eigenvalue weighted by molar-refractivity contribution is 9.10. The second-order valence-corrected chi connectivity index (χ2v) is 13.0. The molecule has 4 aliphatic carbocycles. The zero-order chi connectivity index (χ0) is 21.5. The van der Waals surface area contributed by atoms with Gasteiger partial charge in [0.2, 0.25) is 11.8 Å². The molecular weight excluding hydrogens is 579 g/mol. The molecule has 0 spiro atoms. The Morgan fingerprint density at radius 1 is 0.833 bits per heavy atom. The van der Waals surface area contributed by atoms with Crippen LogP contribution >= 0.6 is 85.5 Å². The summed E-state index contributed by atoms with van der Waals surface area (Å²) in [5.74, 6) is -2.49. The molecule has 0 aromatic heterocycles. The van der Waals surface area contributed by atoms with Crippen molar-refractivity contribution in [1.82, 2.24) is 0 Å². The van der Waals surface area contributed by atoms with Crippen LogP contribution in [0.1, 0.15) is 6.42 Å². The maximum absolute atomic E-state index is 13.4. The maximum Gasteiger partial charge on any atom is 0.237 e. The molecule has 2 amide bonds. The molecule has 3 nitrogen and oxygen atoms in total. The Morgan fingerprint density at radius 3 is 1.70 bits per heavy atom. The van der Waals surface area contributed by atoms with Crippen molar-refractivity contribution in [2.75, 3.05) is 4.90 Å². The number of allylic oxidation sites excluding steroid dienone is 2. The number of benzene rings is 1. The molecule has 30 heavy (non-hydrogen) atoms. The molecule has 10 heteroatoms. The Hall–Kier alpha value is 0.320. The highest BCUT2D eigenvalue weighted by atomic mass is 79.9. The number of imide groups is 1. The highest BCUT2D eigenvalue weighted by Crippen LogP contribution is 2.84. The molecule has 5 aliphatic rings. The molecule has 4 fully saturated rings. The summed E-state index contributed by atoms with van der Waals surface area (Å²) < 4.78 is -0.777. The third-order valence-corrected chi connectivity index (χ3v) is 12.7. The fraction of sp³-hybridized carbons (Fsp3) is 0.500. The van der Waals surface area contributed by atoms with Crippen LogP contribution < -0.4 is 4.90 Å². The van der Waals surface area contributed by atoms with Gasteiger partial charge in [0.25, 0.3) is 0 Å². The predicted molar refractivity (Wildman–Crippen MR) is 123 cm³/mol.